The van der Waals surface area contributed by atoms with Crippen LogP contribution in [0.4, 0.5) is 0 Å². The van der Waals surface area contributed by atoms with Gasteiger partial charge in [-0.05, 0) is 36.4 Å². The number of nitrogens with one attached hydrogen (secondary N) is 2. The zero-order valence-electron chi connectivity index (χ0n) is 16.7. The molecule has 0 spiro atoms. The zero-order valence-corrected chi connectivity index (χ0v) is 17.5. The summed E-state index contributed by atoms with van der Waals surface area (Å²) >= 11 is 5.96. The van der Waals surface area contributed by atoms with Crippen molar-refractivity contribution in [3.8, 4) is 5.75 Å². The first-order valence-corrected chi connectivity index (χ1v) is 10.2. The van der Waals surface area contributed by atoms with E-state index >= 15 is 0 Å². The van der Waals surface area contributed by atoms with Crippen LogP contribution in [0.3, 0.4) is 0 Å². The lowest BCUT2D eigenvalue weighted by Crippen LogP contribution is -3.14. The average Bonchev–Trinajstić information content (AvgIpc) is 2.71. The smallest absolute Gasteiger partial charge is 0.278 e. The van der Waals surface area contributed by atoms with Gasteiger partial charge in [0.2, 0.25) is 0 Å². The first kappa shape index (κ1) is 20.6. The molecular formula is C22H30ClN3O2+2. The van der Waals surface area contributed by atoms with Gasteiger partial charge in [0.05, 0.1) is 40.3 Å². The maximum Gasteiger partial charge on any atom is 0.278 e. The molecule has 0 saturated carbocycles. The summed E-state index contributed by atoms with van der Waals surface area (Å²) in [7, 11) is 3.74. The minimum Gasteiger partial charge on any atom is -0.497 e. The van der Waals surface area contributed by atoms with Crippen molar-refractivity contribution in [3.05, 3.63) is 64.7 Å². The first-order valence-electron chi connectivity index (χ1n) is 9.83. The molecule has 1 atom stereocenters. The molecule has 1 aliphatic heterocycles. The molecule has 1 fully saturated rings. The van der Waals surface area contributed by atoms with Crippen LogP contribution < -0.4 is 14.5 Å². The van der Waals surface area contributed by atoms with E-state index in [-0.39, 0.29) is 5.91 Å². The molecule has 3 rings (SSSR count). The molecule has 0 aliphatic carbocycles. The number of likely N-dealkylation sites (N-methyl/N-ethyl adjacent to an activating group) is 1. The predicted octanol–water partition coefficient (Wildman–Crippen LogP) is 0.291. The molecule has 1 heterocycles. The average molecular weight is 404 g/mol. The normalized spacial score (nSPS) is 16.0. The minimum absolute atomic E-state index is 0.247. The summed E-state index contributed by atoms with van der Waals surface area (Å²) in [6.07, 6.45) is 0. The Morgan fingerprint density at radius 3 is 2.29 bits per heavy atom. The van der Waals surface area contributed by atoms with Crippen molar-refractivity contribution >= 4 is 17.5 Å². The number of nitrogens with zero attached hydrogens (tertiary/aromatic N) is 1. The minimum atomic E-state index is 0.247. The number of benzene rings is 2. The molecule has 1 unspecified atom stereocenters. The lowest BCUT2D eigenvalue weighted by Gasteiger charge is -2.32. The first-order chi connectivity index (χ1) is 13.5. The third-order valence-electron chi connectivity index (χ3n) is 5.31. The second-order valence-electron chi connectivity index (χ2n) is 7.59. The number of carbonyl (C=O) groups is 1. The van der Waals surface area contributed by atoms with Crippen LogP contribution >= 0.6 is 11.6 Å². The molecule has 1 amide bonds. The molecule has 28 heavy (non-hydrogen) atoms. The highest BCUT2D eigenvalue weighted by atomic mass is 35.5. The van der Waals surface area contributed by atoms with E-state index in [1.54, 1.807) is 7.11 Å². The van der Waals surface area contributed by atoms with Gasteiger partial charge in [-0.1, -0.05) is 23.7 Å². The number of quaternary nitrogens is 2. The molecule has 6 heteroatoms. The number of halogens is 1. The van der Waals surface area contributed by atoms with Gasteiger partial charge in [0, 0.05) is 16.1 Å². The van der Waals surface area contributed by atoms with Gasteiger partial charge in [0.15, 0.2) is 6.54 Å². The van der Waals surface area contributed by atoms with Crippen molar-refractivity contribution in [2.24, 2.45) is 0 Å². The third kappa shape index (κ3) is 5.96. The number of hydrogen-bond acceptors (Lipinski definition) is 2. The van der Waals surface area contributed by atoms with Gasteiger partial charge in [-0.25, -0.2) is 0 Å². The summed E-state index contributed by atoms with van der Waals surface area (Å²) < 4.78 is 5.19. The molecule has 1 saturated heterocycles. The summed E-state index contributed by atoms with van der Waals surface area (Å²) in [5.41, 5.74) is 2.51. The summed E-state index contributed by atoms with van der Waals surface area (Å²) in [6, 6.07) is 16.1. The Morgan fingerprint density at radius 2 is 1.68 bits per heavy atom. The molecular weight excluding hydrogens is 374 g/mol. The van der Waals surface area contributed by atoms with Crippen LogP contribution in [-0.2, 0) is 17.9 Å². The standard InChI is InChI=1S/C22H28ClN3O2/c1-24(15-18-5-9-21(28-2)10-6-18)17-22(27)26-13-11-25(12-14-26)16-19-3-7-20(23)8-4-19/h3-10H,11-17H2,1-2H3/p+2. The zero-order chi connectivity index (χ0) is 19.9. The van der Waals surface area contributed by atoms with Gasteiger partial charge in [-0.2, -0.15) is 0 Å². The van der Waals surface area contributed by atoms with Crippen LogP contribution in [0.25, 0.3) is 0 Å². The fourth-order valence-electron chi connectivity index (χ4n) is 3.66. The van der Waals surface area contributed by atoms with Crippen LogP contribution in [0.5, 0.6) is 5.75 Å². The van der Waals surface area contributed by atoms with Crippen molar-refractivity contribution in [3.63, 3.8) is 0 Å². The molecule has 2 aromatic rings. The van der Waals surface area contributed by atoms with E-state index < -0.39 is 0 Å². The highest BCUT2D eigenvalue weighted by Gasteiger charge is 2.25. The SMILES string of the molecule is COc1ccc(C[NH+](C)CC(=O)N2CC[NH+](Cc3ccc(Cl)cc3)CC2)cc1. The van der Waals surface area contributed by atoms with E-state index in [2.05, 4.69) is 31.3 Å². The summed E-state index contributed by atoms with van der Waals surface area (Å²) in [6.45, 7) is 5.99. The van der Waals surface area contributed by atoms with Gasteiger partial charge < -0.3 is 19.4 Å². The third-order valence-corrected chi connectivity index (χ3v) is 5.56. The number of carbonyl (C=O) groups excluding carboxylic acids is 1. The molecule has 0 aromatic heterocycles. The maximum absolute atomic E-state index is 12.7. The predicted molar refractivity (Wildman–Crippen MR) is 111 cm³/mol. The number of piperazine rings is 1. The van der Waals surface area contributed by atoms with Gasteiger partial charge in [0.1, 0.15) is 18.8 Å². The van der Waals surface area contributed by atoms with Crippen LogP contribution in [0.1, 0.15) is 11.1 Å². The van der Waals surface area contributed by atoms with E-state index in [1.165, 1.54) is 20.9 Å². The van der Waals surface area contributed by atoms with Gasteiger partial charge in [-0.3, -0.25) is 4.79 Å². The number of hydrogen-bond donors (Lipinski definition) is 2. The van der Waals surface area contributed by atoms with Gasteiger partial charge in [-0.15, -0.1) is 0 Å². The fourth-order valence-corrected chi connectivity index (χ4v) is 3.79. The topological polar surface area (TPSA) is 38.4 Å². The maximum atomic E-state index is 12.7. The van der Waals surface area contributed by atoms with Gasteiger partial charge >= 0.3 is 0 Å². The van der Waals surface area contributed by atoms with E-state index in [0.29, 0.717) is 6.54 Å². The Bertz CT molecular complexity index is 756. The largest absolute Gasteiger partial charge is 0.497 e. The molecule has 2 N–H and O–H groups in total. The van der Waals surface area contributed by atoms with Crippen LogP contribution in [-0.4, -0.2) is 57.7 Å². The van der Waals surface area contributed by atoms with Crippen molar-refractivity contribution < 1.29 is 19.3 Å². The van der Waals surface area contributed by atoms with E-state index in [9.17, 15) is 4.79 Å². The van der Waals surface area contributed by atoms with Gasteiger partial charge in [0.25, 0.3) is 5.91 Å². The van der Waals surface area contributed by atoms with E-state index in [1.807, 2.05) is 29.2 Å². The number of methoxy groups -OCH3 is 1. The van der Waals surface area contributed by atoms with E-state index in [4.69, 9.17) is 16.3 Å². The second kappa shape index (κ2) is 9.92. The summed E-state index contributed by atoms with van der Waals surface area (Å²) in [5.74, 6) is 1.10. The Morgan fingerprint density at radius 1 is 1.07 bits per heavy atom. The Labute approximate surface area is 172 Å². The van der Waals surface area contributed by atoms with Crippen molar-refractivity contribution in [1.82, 2.24) is 4.90 Å². The fraction of sp³-hybridized carbons (Fsp3) is 0.409. The Kier molecular flexibility index (Phi) is 7.31. The van der Waals surface area contributed by atoms with Crippen molar-refractivity contribution in [2.75, 3.05) is 46.9 Å². The number of ether oxygens (including phenoxy) is 1. The Balaban J connectivity index is 1.42. The molecule has 150 valence electrons. The summed E-state index contributed by atoms with van der Waals surface area (Å²) in [5, 5.41) is 0.774. The molecule has 2 aromatic carbocycles. The van der Waals surface area contributed by atoms with Crippen molar-refractivity contribution in [2.45, 2.75) is 13.1 Å². The highest BCUT2D eigenvalue weighted by Crippen LogP contribution is 2.10. The monoisotopic (exact) mass is 403 g/mol. The lowest BCUT2D eigenvalue weighted by atomic mass is 10.2. The molecule has 1 aliphatic rings. The quantitative estimate of drug-likeness (QED) is 0.697. The summed E-state index contributed by atoms with van der Waals surface area (Å²) in [4.78, 5) is 17.4. The second-order valence-corrected chi connectivity index (χ2v) is 8.03. The number of amides is 1. The molecule has 0 bridgehead atoms. The number of rotatable bonds is 7. The Hall–Kier alpha value is -2.08. The van der Waals surface area contributed by atoms with Crippen LogP contribution in [0.2, 0.25) is 5.02 Å². The lowest BCUT2D eigenvalue weighted by molar-refractivity contribution is -0.918. The molecule has 5 nitrogen and oxygen atoms in total. The van der Waals surface area contributed by atoms with Crippen molar-refractivity contribution in [1.29, 1.82) is 0 Å². The van der Waals surface area contributed by atoms with Crippen LogP contribution in [0.15, 0.2) is 48.5 Å². The highest BCUT2D eigenvalue weighted by molar-refractivity contribution is 6.30. The van der Waals surface area contributed by atoms with E-state index in [0.717, 1.165) is 50.0 Å². The van der Waals surface area contributed by atoms with Crippen LogP contribution in [0, 0.1) is 0 Å². The molecule has 0 radical (unpaired) electrons.